The maximum atomic E-state index is 12.6. The van der Waals surface area contributed by atoms with Crippen LogP contribution in [0, 0.1) is 0 Å². The molecule has 0 radical (unpaired) electrons. The molecule has 23 heavy (non-hydrogen) atoms. The van der Waals surface area contributed by atoms with E-state index in [4.69, 9.17) is 9.47 Å². The molecule has 2 rings (SSSR count). The quantitative estimate of drug-likeness (QED) is 0.688. The van der Waals surface area contributed by atoms with Crippen LogP contribution in [0.3, 0.4) is 0 Å². The van der Waals surface area contributed by atoms with Gasteiger partial charge in [-0.1, -0.05) is 19.3 Å². The third kappa shape index (κ3) is 6.69. The first-order valence-corrected chi connectivity index (χ1v) is 8.66. The zero-order valence-corrected chi connectivity index (χ0v) is 13.6. The van der Waals surface area contributed by atoms with Gasteiger partial charge >= 0.3 is 0 Å². The van der Waals surface area contributed by atoms with Crippen LogP contribution in [0.5, 0.6) is 0 Å². The van der Waals surface area contributed by atoms with Crippen molar-refractivity contribution in [2.24, 2.45) is 0 Å². The summed E-state index contributed by atoms with van der Waals surface area (Å²) >= 11 is 0. The average molecular weight is 334 g/mol. The maximum absolute atomic E-state index is 12.6. The number of ether oxygens (including phenoxy) is 2. The molecule has 0 aromatic heterocycles. The van der Waals surface area contributed by atoms with E-state index in [0.29, 0.717) is 32.4 Å². The van der Waals surface area contributed by atoms with E-state index in [1.165, 1.54) is 24.2 Å². The predicted molar refractivity (Wildman–Crippen MR) is 82.6 cm³/mol. The van der Waals surface area contributed by atoms with Crippen molar-refractivity contribution in [3.05, 3.63) is 0 Å². The number of carbonyl (C=O) groups excluding carboxylic acids is 1. The van der Waals surface area contributed by atoms with Gasteiger partial charge in [0, 0.05) is 19.7 Å². The Labute approximate surface area is 136 Å². The molecule has 5 nitrogen and oxygen atoms in total. The van der Waals surface area contributed by atoms with Crippen LogP contribution in [-0.2, 0) is 14.3 Å². The van der Waals surface area contributed by atoms with Crippen molar-refractivity contribution in [3.63, 3.8) is 0 Å². The van der Waals surface area contributed by atoms with Crippen LogP contribution < -0.4 is 5.32 Å². The minimum absolute atomic E-state index is 0.178. The molecule has 1 aliphatic heterocycles. The zero-order chi connectivity index (χ0) is 16.5. The van der Waals surface area contributed by atoms with Crippen molar-refractivity contribution in [3.8, 4) is 0 Å². The van der Waals surface area contributed by atoms with Crippen LogP contribution in [0.1, 0.15) is 38.5 Å². The maximum Gasteiger partial charge on any atom is 0.251 e. The number of amides is 1. The molecule has 1 atom stereocenters. The molecule has 1 saturated carbocycles. The highest BCUT2D eigenvalue weighted by Gasteiger charge is 2.30. The van der Waals surface area contributed by atoms with Crippen LogP contribution in [0.25, 0.3) is 0 Å². The Kier molecular flexibility index (Phi) is 8.19. The molecule has 1 aliphatic carbocycles. The third-order valence-electron chi connectivity index (χ3n) is 4.44. The second-order valence-corrected chi connectivity index (χ2v) is 6.25. The predicted octanol–water partition coefficient (Wildman–Crippen LogP) is 1.81. The van der Waals surface area contributed by atoms with Crippen molar-refractivity contribution in [2.75, 3.05) is 39.5 Å². The lowest BCUT2D eigenvalue weighted by Gasteiger charge is -2.34. The summed E-state index contributed by atoms with van der Waals surface area (Å²) in [5, 5.41) is 2.81. The van der Waals surface area contributed by atoms with Crippen LogP contribution in [0.4, 0.5) is 8.78 Å². The van der Waals surface area contributed by atoms with Crippen molar-refractivity contribution in [2.45, 2.75) is 57.1 Å². The highest BCUT2D eigenvalue weighted by Crippen LogP contribution is 2.20. The van der Waals surface area contributed by atoms with E-state index in [1.807, 2.05) is 0 Å². The molecule has 1 saturated heterocycles. The highest BCUT2D eigenvalue weighted by atomic mass is 19.3. The summed E-state index contributed by atoms with van der Waals surface area (Å²) in [6.07, 6.45) is 4.72. The molecule has 1 amide bonds. The topological polar surface area (TPSA) is 50.8 Å². The molecule has 1 N–H and O–H groups in total. The standard InChI is InChI=1S/C16H28F2N2O3/c17-15(18)11-20-8-10-22-12-14(20)16(21)19-7-4-9-23-13-5-2-1-3-6-13/h13-15H,1-12H2,(H,19,21)/t14-/m0/s1. The van der Waals surface area contributed by atoms with Gasteiger partial charge in [0.15, 0.2) is 0 Å². The number of halogens is 2. The summed E-state index contributed by atoms with van der Waals surface area (Å²) in [6.45, 7) is 1.69. The van der Waals surface area contributed by atoms with Crippen molar-refractivity contribution in [1.29, 1.82) is 0 Å². The first-order valence-electron chi connectivity index (χ1n) is 8.66. The summed E-state index contributed by atoms with van der Waals surface area (Å²) < 4.78 is 36.2. The molecule has 0 aromatic carbocycles. The van der Waals surface area contributed by atoms with Gasteiger partial charge in [-0.2, -0.15) is 0 Å². The Balaban J connectivity index is 1.60. The van der Waals surface area contributed by atoms with Crippen LogP contribution >= 0.6 is 0 Å². The number of alkyl halides is 2. The van der Waals surface area contributed by atoms with Gasteiger partial charge < -0.3 is 14.8 Å². The van der Waals surface area contributed by atoms with Gasteiger partial charge in [0.1, 0.15) is 6.04 Å². The van der Waals surface area contributed by atoms with Gasteiger partial charge in [0.25, 0.3) is 6.43 Å². The molecule has 2 aliphatic rings. The number of nitrogens with zero attached hydrogens (tertiary/aromatic N) is 1. The lowest BCUT2D eigenvalue weighted by molar-refractivity contribution is -0.134. The smallest absolute Gasteiger partial charge is 0.251 e. The Morgan fingerprint density at radius 2 is 2.09 bits per heavy atom. The molecule has 134 valence electrons. The number of morpholine rings is 1. The molecular weight excluding hydrogens is 306 g/mol. The molecule has 2 fully saturated rings. The second-order valence-electron chi connectivity index (χ2n) is 6.25. The normalized spacial score (nSPS) is 24.0. The van der Waals surface area contributed by atoms with E-state index in [9.17, 15) is 13.6 Å². The van der Waals surface area contributed by atoms with Gasteiger partial charge in [-0.15, -0.1) is 0 Å². The Morgan fingerprint density at radius 3 is 2.83 bits per heavy atom. The van der Waals surface area contributed by atoms with E-state index >= 15 is 0 Å². The Morgan fingerprint density at radius 1 is 1.30 bits per heavy atom. The van der Waals surface area contributed by atoms with Crippen LogP contribution in [-0.4, -0.2) is 68.8 Å². The van der Waals surface area contributed by atoms with Gasteiger partial charge in [-0.25, -0.2) is 8.78 Å². The summed E-state index contributed by atoms with van der Waals surface area (Å²) in [5.74, 6) is -0.233. The SMILES string of the molecule is O=C(NCCCOC1CCCCC1)[C@@H]1COCCN1CC(F)F. The van der Waals surface area contributed by atoms with Gasteiger partial charge in [-0.05, 0) is 19.3 Å². The zero-order valence-electron chi connectivity index (χ0n) is 13.6. The molecular formula is C16H28F2N2O3. The van der Waals surface area contributed by atoms with E-state index in [-0.39, 0.29) is 19.1 Å². The van der Waals surface area contributed by atoms with Crippen LogP contribution in [0.2, 0.25) is 0 Å². The minimum atomic E-state index is -2.44. The minimum Gasteiger partial charge on any atom is -0.378 e. The van der Waals surface area contributed by atoms with E-state index in [0.717, 1.165) is 19.3 Å². The first-order chi connectivity index (χ1) is 11.2. The second kappa shape index (κ2) is 10.2. The van der Waals surface area contributed by atoms with E-state index in [2.05, 4.69) is 5.32 Å². The number of carbonyl (C=O) groups is 1. The molecule has 1 heterocycles. The Bertz CT molecular complexity index is 352. The van der Waals surface area contributed by atoms with Gasteiger partial charge in [0.05, 0.1) is 25.9 Å². The Hall–Kier alpha value is -0.790. The lowest BCUT2D eigenvalue weighted by atomic mass is 9.98. The van der Waals surface area contributed by atoms with Gasteiger partial charge in [-0.3, -0.25) is 9.69 Å². The first kappa shape index (κ1) is 18.5. The monoisotopic (exact) mass is 334 g/mol. The van der Waals surface area contributed by atoms with Crippen molar-refractivity contribution < 1.29 is 23.0 Å². The molecule has 0 bridgehead atoms. The summed E-state index contributed by atoms with van der Waals surface area (Å²) in [5.41, 5.74) is 0. The van der Waals surface area contributed by atoms with Crippen molar-refractivity contribution in [1.82, 2.24) is 10.2 Å². The molecule has 7 heteroatoms. The number of hydrogen-bond donors (Lipinski definition) is 1. The van der Waals surface area contributed by atoms with Crippen molar-refractivity contribution >= 4 is 5.91 Å². The lowest BCUT2D eigenvalue weighted by Crippen LogP contribution is -2.55. The van der Waals surface area contributed by atoms with Gasteiger partial charge in [0.2, 0.25) is 5.91 Å². The number of hydrogen-bond acceptors (Lipinski definition) is 4. The van der Waals surface area contributed by atoms with Crippen LogP contribution in [0.15, 0.2) is 0 Å². The molecule has 0 spiro atoms. The third-order valence-corrected chi connectivity index (χ3v) is 4.44. The van der Waals surface area contributed by atoms with E-state index in [1.54, 1.807) is 0 Å². The molecule has 0 aromatic rings. The largest absolute Gasteiger partial charge is 0.378 e. The summed E-state index contributed by atoms with van der Waals surface area (Å²) in [6, 6.07) is -0.614. The number of rotatable bonds is 8. The van der Waals surface area contributed by atoms with E-state index < -0.39 is 12.5 Å². The average Bonchev–Trinajstić information content (AvgIpc) is 2.55. The molecule has 0 unspecified atom stereocenters. The fourth-order valence-electron chi connectivity index (χ4n) is 3.16. The number of nitrogens with one attached hydrogen (secondary N) is 1. The fraction of sp³-hybridized carbons (Fsp3) is 0.938. The summed E-state index contributed by atoms with van der Waals surface area (Å²) in [4.78, 5) is 13.6. The fourth-order valence-corrected chi connectivity index (χ4v) is 3.16. The summed E-state index contributed by atoms with van der Waals surface area (Å²) in [7, 11) is 0. The highest BCUT2D eigenvalue weighted by molar-refractivity contribution is 5.82.